The van der Waals surface area contributed by atoms with Crippen molar-refractivity contribution in [2.75, 3.05) is 20.8 Å². The summed E-state index contributed by atoms with van der Waals surface area (Å²) in [4.78, 5) is 32.2. The lowest BCUT2D eigenvalue weighted by molar-refractivity contribution is -0.129. The number of hydrogen-bond donors (Lipinski definition) is 0. The second kappa shape index (κ2) is 10.1. The molecule has 1 unspecified atom stereocenters. The van der Waals surface area contributed by atoms with E-state index in [1.54, 1.807) is 41.8 Å². The molecule has 0 saturated heterocycles. The Morgan fingerprint density at radius 3 is 2.70 bits per heavy atom. The zero-order chi connectivity index (χ0) is 21.7. The molecule has 1 aromatic heterocycles. The molecule has 6 nitrogen and oxygen atoms in total. The van der Waals surface area contributed by atoms with Crippen LogP contribution in [0.15, 0.2) is 58.5 Å². The van der Waals surface area contributed by atoms with Gasteiger partial charge in [0.25, 0.3) is 5.56 Å². The van der Waals surface area contributed by atoms with Crippen LogP contribution in [0, 0.1) is 0 Å². The van der Waals surface area contributed by atoms with Crippen LogP contribution >= 0.6 is 23.4 Å². The number of fused-ring (bicyclic) bond motifs is 1. The minimum Gasteiger partial charge on any atom is -0.383 e. The Balaban J connectivity index is 1.87. The fourth-order valence-corrected chi connectivity index (χ4v) is 4.31. The zero-order valence-corrected chi connectivity index (χ0v) is 18.7. The molecule has 1 amide bonds. The van der Waals surface area contributed by atoms with Crippen molar-refractivity contribution in [2.24, 2.45) is 0 Å². The van der Waals surface area contributed by atoms with Crippen LogP contribution in [-0.2, 0) is 22.6 Å². The lowest BCUT2D eigenvalue weighted by Gasteiger charge is -2.22. The van der Waals surface area contributed by atoms with E-state index in [2.05, 4.69) is 4.98 Å². The van der Waals surface area contributed by atoms with Crippen LogP contribution in [0.1, 0.15) is 12.5 Å². The first-order valence-corrected chi connectivity index (χ1v) is 10.8. The summed E-state index contributed by atoms with van der Waals surface area (Å²) in [6, 6.07) is 14.8. The molecule has 0 aliphatic heterocycles. The number of carbonyl (C=O) groups excluding carboxylic acids is 1. The van der Waals surface area contributed by atoms with Gasteiger partial charge in [-0.25, -0.2) is 4.98 Å². The van der Waals surface area contributed by atoms with E-state index in [4.69, 9.17) is 16.3 Å². The summed E-state index contributed by atoms with van der Waals surface area (Å²) in [6.07, 6.45) is 0. The number of hydrogen-bond acceptors (Lipinski definition) is 5. The molecule has 158 valence electrons. The Labute approximate surface area is 184 Å². The first-order chi connectivity index (χ1) is 14.4. The molecule has 0 aliphatic rings. The smallest absolute Gasteiger partial charge is 0.262 e. The van der Waals surface area contributed by atoms with Gasteiger partial charge >= 0.3 is 0 Å². The van der Waals surface area contributed by atoms with Gasteiger partial charge in [0, 0.05) is 25.7 Å². The van der Waals surface area contributed by atoms with Gasteiger partial charge < -0.3 is 9.64 Å². The lowest BCUT2D eigenvalue weighted by atomic mass is 10.2. The minimum absolute atomic E-state index is 0.0393. The average Bonchev–Trinajstić information content (AvgIpc) is 2.73. The Morgan fingerprint density at radius 1 is 1.27 bits per heavy atom. The number of ether oxygens (including phenoxy) is 1. The number of halogens is 1. The number of rotatable bonds is 8. The quantitative estimate of drug-likeness (QED) is 0.389. The minimum atomic E-state index is -0.420. The summed E-state index contributed by atoms with van der Waals surface area (Å²) in [7, 11) is 3.36. The molecule has 2 aromatic carbocycles. The van der Waals surface area contributed by atoms with Crippen molar-refractivity contribution in [1.29, 1.82) is 0 Å². The second-order valence-corrected chi connectivity index (χ2v) is 8.69. The van der Waals surface area contributed by atoms with E-state index in [1.807, 2.05) is 37.3 Å². The third-order valence-electron chi connectivity index (χ3n) is 4.67. The normalized spacial score (nSPS) is 12.1. The number of nitrogens with zero attached hydrogens (tertiary/aromatic N) is 3. The molecular weight excluding hydrogens is 422 g/mol. The SMILES string of the molecule is COCCn1c(SC(C)C(=O)N(C)Cc2ccccc2)nc2cc(Cl)ccc2c1=O. The van der Waals surface area contributed by atoms with Crippen LogP contribution in [0.3, 0.4) is 0 Å². The predicted octanol–water partition coefficient (Wildman–Crippen LogP) is 3.84. The van der Waals surface area contributed by atoms with Crippen LogP contribution in [-0.4, -0.2) is 46.4 Å². The molecule has 30 heavy (non-hydrogen) atoms. The van der Waals surface area contributed by atoms with Gasteiger partial charge in [0.05, 0.1) is 29.3 Å². The second-order valence-electron chi connectivity index (χ2n) is 6.95. The van der Waals surface area contributed by atoms with E-state index in [0.29, 0.717) is 40.8 Å². The molecule has 0 fully saturated rings. The largest absolute Gasteiger partial charge is 0.383 e. The first kappa shape index (κ1) is 22.3. The fraction of sp³-hybridized carbons (Fsp3) is 0.318. The Kier molecular flexibility index (Phi) is 7.53. The highest BCUT2D eigenvalue weighted by atomic mass is 35.5. The molecule has 0 saturated carbocycles. The average molecular weight is 446 g/mol. The molecule has 1 heterocycles. The first-order valence-electron chi connectivity index (χ1n) is 9.55. The van der Waals surface area contributed by atoms with E-state index >= 15 is 0 Å². The van der Waals surface area contributed by atoms with Crippen LogP contribution in [0.5, 0.6) is 0 Å². The van der Waals surface area contributed by atoms with Gasteiger partial charge in [-0.3, -0.25) is 14.2 Å². The topological polar surface area (TPSA) is 64.4 Å². The number of amides is 1. The number of carbonyl (C=O) groups is 1. The van der Waals surface area contributed by atoms with Gasteiger partial charge in [-0.05, 0) is 30.7 Å². The molecule has 0 aliphatic carbocycles. The van der Waals surface area contributed by atoms with Crippen molar-refractivity contribution >= 4 is 40.2 Å². The maximum Gasteiger partial charge on any atom is 0.262 e. The molecule has 0 spiro atoms. The highest BCUT2D eigenvalue weighted by molar-refractivity contribution is 8.00. The van der Waals surface area contributed by atoms with Crippen molar-refractivity contribution in [1.82, 2.24) is 14.5 Å². The zero-order valence-electron chi connectivity index (χ0n) is 17.2. The van der Waals surface area contributed by atoms with Gasteiger partial charge in [-0.1, -0.05) is 53.7 Å². The maximum absolute atomic E-state index is 13.0. The molecule has 3 rings (SSSR count). The Morgan fingerprint density at radius 2 is 2.00 bits per heavy atom. The predicted molar refractivity (Wildman–Crippen MR) is 121 cm³/mol. The number of aromatic nitrogens is 2. The van der Waals surface area contributed by atoms with E-state index in [0.717, 1.165) is 5.56 Å². The van der Waals surface area contributed by atoms with Gasteiger partial charge in [-0.2, -0.15) is 0 Å². The van der Waals surface area contributed by atoms with Crippen molar-refractivity contribution in [3.8, 4) is 0 Å². The third kappa shape index (κ3) is 5.22. The van der Waals surface area contributed by atoms with Gasteiger partial charge in [-0.15, -0.1) is 0 Å². The number of thioether (sulfide) groups is 1. The van der Waals surface area contributed by atoms with E-state index in [1.165, 1.54) is 11.8 Å². The fourth-order valence-electron chi connectivity index (χ4n) is 3.10. The van der Waals surface area contributed by atoms with Crippen molar-refractivity contribution in [3.05, 3.63) is 69.5 Å². The standard InChI is InChI=1S/C22H24ClN3O3S/c1-15(20(27)25(2)14-16-7-5-4-6-8-16)30-22-24-19-13-17(23)9-10-18(19)21(28)26(22)11-12-29-3/h4-10,13,15H,11-12,14H2,1-3H3. The molecule has 1 atom stereocenters. The van der Waals surface area contributed by atoms with Crippen LogP contribution in [0.2, 0.25) is 5.02 Å². The van der Waals surface area contributed by atoms with Crippen LogP contribution in [0.4, 0.5) is 0 Å². The summed E-state index contributed by atoms with van der Waals surface area (Å²) < 4.78 is 6.71. The van der Waals surface area contributed by atoms with Gasteiger partial charge in [0.15, 0.2) is 5.16 Å². The summed E-state index contributed by atoms with van der Waals surface area (Å²) >= 11 is 7.35. The van der Waals surface area contributed by atoms with E-state index in [-0.39, 0.29) is 11.5 Å². The molecule has 0 radical (unpaired) electrons. The number of benzene rings is 2. The summed E-state index contributed by atoms with van der Waals surface area (Å²) in [5, 5.41) is 1.04. The van der Waals surface area contributed by atoms with E-state index in [9.17, 15) is 9.59 Å². The van der Waals surface area contributed by atoms with Crippen molar-refractivity contribution < 1.29 is 9.53 Å². The number of methoxy groups -OCH3 is 1. The van der Waals surface area contributed by atoms with Crippen LogP contribution < -0.4 is 5.56 Å². The lowest BCUT2D eigenvalue weighted by Crippen LogP contribution is -2.33. The molecular formula is C22H24ClN3O3S. The highest BCUT2D eigenvalue weighted by Gasteiger charge is 2.22. The van der Waals surface area contributed by atoms with Gasteiger partial charge in [0.2, 0.25) is 5.91 Å². The summed E-state index contributed by atoms with van der Waals surface area (Å²) in [6.45, 7) is 3.06. The summed E-state index contributed by atoms with van der Waals surface area (Å²) in [5.74, 6) is -0.0393. The third-order valence-corrected chi connectivity index (χ3v) is 5.98. The van der Waals surface area contributed by atoms with Gasteiger partial charge in [0.1, 0.15) is 0 Å². The Bertz CT molecular complexity index is 1090. The van der Waals surface area contributed by atoms with Crippen molar-refractivity contribution in [3.63, 3.8) is 0 Å². The van der Waals surface area contributed by atoms with E-state index < -0.39 is 5.25 Å². The van der Waals surface area contributed by atoms with Crippen LogP contribution in [0.25, 0.3) is 10.9 Å². The highest BCUT2D eigenvalue weighted by Crippen LogP contribution is 2.25. The monoisotopic (exact) mass is 445 g/mol. The molecule has 8 heteroatoms. The summed E-state index contributed by atoms with van der Waals surface area (Å²) in [5.41, 5.74) is 1.40. The molecule has 0 bridgehead atoms. The van der Waals surface area contributed by atoms with Crippen molar-refractivity contribution in [2.45, 2.75) is 30.4 Å². The Hall–Kier alpha value is -2.35. The molecule has 0 N–H and O–H groups in total. The molecule has 3 aromatic rings. The maximum atomic E-state index is 13.0.